The molecule has 0 radical (unpaired) electrons. The molecule has 0 aliphatic rings. The van der Waals surface area contributed by atoms with Crippen molar-refractivity contribution in [1.29, 1.82) is 0 Å². The van der Waals surface area contributed by atoms with E-state index in [1.807, 2.05) is 19.1 Å². The van der Waals surface area contributed by atoms with Crippen LogP contribution in [0.4, 0.5) is 4.39 Å². The van der Waals surface area contributed by atoms with Crippen molar-refractivity contribution in [1.82, 2.24) is 4.98 Å². The second-order valence-corrected chi connectivity index (χ2v) is 2.73. The molecule has 0 saturated carbocycles. The van der Waals surface area contributed by atoms with E-state index in [1.54, 1.807) is 12.3 Å². The fourth-order valence-electron chi connectivity index (χ4n) is 1.36. The normalized spacial score (nSPS) is 10.5. The second kappa shape index (κ2) is 2.55. The zero-order valence-corrected chi connectivity index (χ0v) is 6.71. The van der Waals surface area contributed by atoms with E-state index in [1.165, 1.54) is 6.07 Å². The van der Waals surface area contributed by atoms with Crippen molar-refractivity contribution >= 4 is 10.8 Å². The van der Waals surface area contributed by atoms with Crippen LogP contribution in [0.5, 0.6) is 0 Å². The Morgan fingerprint density at radius 3 is 2.83 bits per heavy atom. The monoisotopic (exact) mass is 161 g/mol. The van der Waals surface area contributed by atoms with Crippen molar-refractivity contribution < 1.29 is 4.39 Å². The highest BCUT2D eigenvalue weighted by Crippen LogP contribution is 2.18. The summed E-state index contributed by atoms with van der Waals surface area (Å²) in [6.07, 6.45) is 1.69. The first kappa shape index (κ1) is 7.22. The summed E-state index contributed by atoms with van der Waals surface area (Å²) in [5, 5.41) is 1.53. The van der Waals surface area contributed by atoms with Gasteiger partial charge in [-0.2, -0.15) is 0 Å². The molecule has 0 fully saturated rings. The molecule has 1 aromatic heterocycles. The number of nitrogens with zero attached hydrogens (tertiary/aromatic N) is 1. The third-order valence-corrected chi connectivity index (χ3v) is 1.93. The molecule has 2 heteroatoms. The minimum absolute atomic E-state index is 0.196. The van der Waals surface area contributed by atoms with E-state index in [2.05, 4.69) is 4.98 Å². The molecule has 2 rings (SSSR count). The summed E-state index contributed by atoms with van der Waals surface area (Å²) in [6.45, 7) is 1.81. The maximum absolute atomic E-state index is 13.2. The van der Waals surface area contributed by atoms with Crippen molar-refractivity contribution in [3.63, 3.8) is 0 Å². The topological polar surface area (TPSA) is 12.9 Å². The van der Waals surface area contributed by atoms with Crippen LogP contribution in [0.1, 0.15) is 5.69 Å². The third kappa shape index (κ3) is 0.961. The number of hydrogen-bond donors (Lipinski definition) is 0. The van der Waals surface area contributed by atoms with Crippen LogP contribution in [0, 0.1) is 12.7 Å². The Morgan fingerprint density at radius 2 is 2.08 bits per heavy atom. The van der Waals surface area contributed by atoms with E-state index < -0.39 is 0 Å². The highest BCUT2D eigenvalue weighted by Gasteiger charge is 2.01. The molecule has 1 nitrogen and oxygen atoms in total. The van der Waals surface area contributed by atoms with Gasteiger partial charge >= 0.3 is 0 Å². The van der Waals surface area contributed by atoms with Gasteiger partial charge in [0.1, 0.15) is 5.82 Å². The first-order valence-corrected chi connectivity index (χ1v) is 3.79. The standard InChI is InChI=1S/C10H8FN/c1-7-10-8(5-6-12-7)3-2-4-9(10)11/h2-6H,1H3. The second-order valence-electron chi connectivity index (χ2n) is 2.73. The van der Waals surface area contributed by atoms with Gasteiger partial charge in [-0.3, -0.25) is 4.98 Å². The third-order valence-electron chi connectivity index (χ3n) is 1.93. The number of aromatic nitrogens is 1. The highest BCUT2D eigenvalue weighted by atomic mass is 19.1. The van der Waals surface area contributed by atoms with Gasteiger partial charge in [-0.15, -0.1) is 0 Å². The van der Waals surface area contributed by atoms with Crippen LogP contribution < -0.4 is 0 Å². The van der Waals surface area contributed by atoms with Crippen LogP contribution in [0.2, 0.25) is 0 Å². The van der Waals surface area contributed by atoms with Crippen molar-refractivity contribution in [2.24, 2.45) is 0 Å². The average molecular weight is 161 g/mol. The molecule has 12 heavy (non-hydrogen) atoms. The number of fused-ring (bicyclic) bond motifs is 1. The smallest absolute Gasteiger partial charge is 0.132 e. The number of aryl methyl sites for hydroxylation is 1. The minimum atomic E-state index is -0.196. The molecular formula is C10H8FN. The van der Waals surface area contributed by atoms with Crippen LogP contribution >= 0.6 is 0 Å². The number of benzene rings is 1. The number of rotatable bonds is 0. The molecular weight excluding hydrogens is 153 g/mol. The molecule has 0 aliphatic heterocycles. The van der Waals surface area contributed by atoms with Gasteiger partial charge in [-0.05, 0) is 24.4 Å². The first-order chi connectivity index (χ1) is 5.79. The van der Waals surface area contributed by atoms with Gasteiger partial charge in [0.05, 0.1) is 0 Å². The fourth-order valence-corrected chi connectivity index (χ4v) is 1.36. The molecule has 0 saturated heterocycles. The maximum Gasteiger partial charge on any atom is 0.132 e. The summed E-state index contributed by atoms with van der Waals surface area (Å²) in [4.78, 5) is 4.03. The lowest BCUT2D eigenvalue weighted by molar-refractivity contribution is 0.638. The Balaban J connectivity index is 2.96. The van der Waals surface area contributed by atoms with Crippen LogP contribution in [0.3, 0.4) is 0 Å². The van der Waals surface area contributed by atoms with Gasteiger partial charge in [-0.25, -0.2) is 4.39 Å². The molecule has 60 valence electrons. The van der Waals surface area contributed by atoms with Crippen LogP contribution in [0.25, 0.3) is 10.8 Å². The number of hydrogen-bond acceptors (Lipinski definition) is 1. The Bertz CT molecular complexity index is 386. The van der Waals surface area contributed by atoms with E-state index in [-0.39, 0.29) is 5.82 Å². The van der Waals surface area contributed by atoms with Crippen LogP contribution in [-0.2, 0) is 0 Å². The lowest BCUT2D eigenvalue weighted by Gasteiger charge is -2.00. The molecule has 1 heterocycles. The Hall–Kier alpha value is -1.44. The number of pyridine rings is 1. The molecule has 2 aromatic rings. The average Bonchev–Trinajstić information content (AvgIpc) is 2.04. The summed E-state index contributed by atoms with van der Waals surface area (Å²) >= 11 is 0. The molecule has 1 aromatic carbocycles. The van der Waals surface area contributed by atoms with E-state index in [9.17, 15) is 4.39 Å². The van der Waals surface area contributed by atoms with Gasteiger partial charge < -0.3 is 0 Å². The molecule has 0 aliphatic carbocycles. The summed E-state index contributed by atoms with van der Waals surface area (Å²) in [6, 6.07) is 6.85. The van der Waals surface area contributed by atoms with Gasteiger partial charge in [-0.1, -0.05) is 12.1 Å². The summed E-state index contributed by atoms with van der Waals surface area (Å²) < 4.78 is 13.2. The van der Waals surface area contributed by atoms with Crippen molar-refractivity contribution in [2.45, 2.75) is 6.92 Å². The minimum Gasteiger partial charge on any atom is -0.261 e. The summed E-state index contributed by atoms with van der Waals surface area (Å²) in [5.41, 5.74) is 0.741. The van der Waals surface area contributed by atoms with Gasteiger partial charge in [0.25, 0.3) is 0 Å². The SMILES string of the molecule is Cc1nccc2cccc(F)c12. The van der Waals surface area contributed by atoms with Crippen LogP contribution in [0.15, 0.2) is 30.5 Å². The van der Waals surface area contributed by atoms with E-state index in [0.29, 0.717) is 5.39 Å². The predicted octanol–water partition coefficient (Wildman–Crippen LogP) is 2.68. The molecule has 0 amide bonds. The Kier molecular flexibility index (Phi) is 1.54. The molecule has 0 bridgehead atoms. The summed E-state index contributed by atoms with van der Waals surface area (Å²) in [7, 11) is 0. The summed E-state index contributed by atoms with van der Waals surface area (Å²) in [5.74, 6) is -0.196. The van der Waals surface area contributed by atoms with Crippen molar-refractivity contribution in [3.8, 4) is 0 Å². The first-order valence-electron chi connectivity index (χ1n) is 3.79. The molecule has 0 N–H and O–H groups in total. The predicted molar refractivity (Wildman–Crippen MR) is 46.4 cm³/mol. The van der Waals surface area contributed by atoms with E-state index >= 15 is 0 Å². The highest BCUT2D eigenvalue weighted by molar-refractivity contribution is 5.84. The zero-order valence-electron chi connectivity index (χ0n) is 6.71. The largest absolute Gasteiger partial charge is 0.261 e. The lowest BCUT2D eigenvalue weighted by atomic mass is 10.1. The van der Waals surface area contributed by atoms with Crippen molar-refractivity contribution in [3.05, 3.63) is 42.0 Å². The van der Waals surface area contributed by atoms with Crippen LogP contribution in [-0.4, -0.2) is 4.98 Å². The zero-order chi connectivity index (χ0) is 8.55. The Labute approximate surface area is 69.9 Å². The molecule has 0 spiro atoms. The molecule has 0 unspecified atom stereocenters. The maximum atomic E-state index is 13.2. The lowest BCUT2D eigenvalue weighted by Crippen LogP contribution is -1.86. The Morgan fingerprint density at radius 1 is 1.25 bits per heavy atom. The van der Waals surface area contributed by atoms with Gasteiger partial charge in [0.2, 0.25) is 0 Å². The fraction of sp³-hybridized carbons (Fsp3) is 0.100. The van der Waals surface area contributed by atoms with E-state index in [0.717, 1.165) is 11.1 Å². The van der Waals surface area contributed by atoms with Gasteiger partial charge in [0.15, 0.2) is 0 Å². The molecule has 0 atom stereocenters. The van der Waals surface area contributed by atoms with Crippen molar-refractivity contribution in [2.75, 3.05) is 0 Å². The number of halogens is 1. The van der Waals surface area contributed by atoms with E-state index in [4.69, 9.17) is 0 Å². The van der Waals surface area contributed by atoms with Gasteiger partial charge in [0, 0.05) is 17.3 Å². The quantitative estimate of drug-likeness (QED) is 0.578.